The van der Waals surface area contributed by atoms with E-state index in [4.69, 9.17) is 5.73 Å². The van der Waals surface area contributed by atoms with Crippen LogP contribution in [-0.4, -0.2) is 31.1 Å². The predicted molar refractivity (Wildman–Crippen MR) is 55.5 cm³/mol. The summed E-state index contributed by atoms with van der Waals surface area (Å²) >= 11 is 0. The van der Waals surface area contributed by atoms with Gasteiger partial charge in [0.15, 0.2) is 0 Å². The maximum Gasteiger partial charge on any atom is 0.0124 e. The van der Waals surface area contributed by atoms with Crippen molar-refractivity contribution in [3.8, 4) is 0 Å². The molecule has 2 fully saturated rings. The first-order chi connectivity index (χ1) is 6.33. The molecule has 0 aromatic rings. The molecule has 0 aromatic carbocycles. The van der Waals surface area contributed by atoms with E-state index in [1.54, 1.807) is 0 Å². The van der Waals surface area contributed by atoms with Crippen LogP contribution >= 0.6 is 0 Å². The van der Waals surface area contributed by atoms with Crippen molar-refractivity contribution in [3.05, 3.63) is 0 Å². The van der Waals surface area contributed by atoms with Crippen LogP contribution in [0.2, 0.25) is 0 Å². The van der Waals surface area contributed by atoms with Gasteiger partial charge in [-0.3, -0.25) is 0 Å². The van der Waals surface area contributed by atoms with Crippen LogP contribution in [0.3, 0.4) is 0 Å². The van der Waals surface area contributed by atoms with Gasteiger partial charge in [0.2, 0.25) is 0 Å². The van der Waals surface area contributed by atoms with Gasteiger partial charge in [-0.25, -0.2) is 0 Å². The predicted octanol–water partition coefficient (Wildman–Crippen LogP) is 1.46. The summed E-state index contributed by atoms with van der Waals surface area (Å²) in [7, 11) is 2.28. The third-order valence-electron chi connectivity index (χ3n) is 4.03. The van der Waals surface area contributed by atoms with E-state index in [1.165, 1.54) is 38.6 Å². The van der Waals surface area contributed by atoms with E-state index in [1.807, 2.05) is 0 Å². The summed E-state index contributed by atoms with van der Waals surface area (Å²) in [6.45, 7) is 2.14. The topological polar surface area (TPSA) is 29.3 Å². The molecule has 2 heteroatoms. The third kappa shape index (κ3) is 1.75. The molecule has 1 saturated heterocycles. The number of nitrogens with zero attached hydrogens (tertiary/aromatic N) is 1. The van der Waals surface area contributed by atoms with Gasteiger partial charge in [-0.2, -0.15) is 0 Å². The zero-order valence-corrected chi connectivity index (χ0v) is 8.71. The van der Waals surface area contributed by atoms with Crippen molar-refractivity contribution in [2.45, 2.75) is 38.1 Å². The van der Waals surface area contributed by atoms with Crippen LogP contribution < -0.4 is 5.73 Å². The molecule has 13 heavy (non-hydrogen) atoms. The lowest BCUT2D eigenvalue weighted by Crippen LogP contribution is -2.28. The lowest BCUT2D eigenvalue weighted by Gasteiger charge is -2.23. The highest BCUT2D eigenvalue weighted by molar-refractivity contribution is 4.92. The van der Waals surface area contributed by atoms with Crippen molar-refractivity contribution >= 4 is 0 Å². The summed E-state index contributed by atoms with van der Waals surface area (Å²) < 4.78 is 0. The molecule has 0 amide bonds. The fourth-order valence-corrected chi connectivity index (χ4v) is 3.30. The summed E-state index contributed by atoms with van der Waals surface area (Å²) in [6.07, 6.45) is 7.15. The van der Waals surface area contributed by atoms with E-state index < -0.39 is 0 Å². The fraction of sp³-hybridized carbons (Fsp3) is 1.00. The van der Waals surface area contributed by atoms with Crippen LogP contribution in [-0.2, 0) is 0 Å². The largest absolute Gasteiger partial charge is 0.330 e. The number of likely N-dealkylation sites (tertiary alicyclic amines) is 1. The Morgan fingerprint density at radius 1 is 1.23 bits per heavy atom. The summed E-state index contributed by atoms with van der Waals surface area (Å²) in [4.78, 5) is 2.55. The van der Waals surface area contributed by atoms with Crippen molar-refractivity contribution in [1.29, 1.82) is 0 Å². The molecule has 3 atom stereocenters. The molecule has 76 valence electrons. The number of rotatable bonds is 1. The Morgan fingerprint density at radius 3 is 2.77 bits per heavy atom. The van der Waals surface area contributed by atoms with Crippen LogP contribution in [0, 0.1) is 11.8 Å². The molecular formula is C11H22N2. The Labute approximate surface area is 81.5 Å². The number of hydrogen-bond donors (Lipinski definition) is 1. The van der Waals surface area contributed by atoms with Gasteiger partial charge in [0, 0.05) is 12.6 Å². The molecule has 1 heterocycles. The zero-order chi connectivity index (χ0) is 9.26. The maximum absolute atomic E-state index is 5.83. The third-order valence-corrected chi connectivity index (χ3v) is 4.03. The Balaban J connectivity index is 2.06. The summed E-state index contributed by atoms with van der Waals surface area (Å²) in [6, 6.07) is 0.857. The van der Waals surface area contributed by atoms with Gasteiger partial charge in [-0.15, -0.1) is 0 Å². The average molecular weight is 182 g/mol. The highest BCUT2D eigenvalue weighted by atomic mass is 15.2. The zero-order valence-electron chi connectivity index (χ0n) is 8.71. The summed E-state index contributed by atoms with van der Waals surface area (Å²) in [5.41, 5.74) is 5.83. The second kappa shape index (κ2) is 3.97. The Morgan fingerprint density at radius 2 is 2.00 bits per heavy atom. The minimum absolute atomic E-state index is 0.785. The smallest absolute Gasteiger partial charge is 0.0124 e. The number of fused-ring (bicyclic) bond motifs is 1. The van der Waals surface area contributed by atoms with Gasteiger partial charge < -0.3 is 10.6 Å². The van der Waals surface area contributed by atoms with Crippen molar-refractivity contribution in [2.75, 3.05) is 20.1 Å². The number of nitrogens with two attached hydrogens (primary N) is 1. The van der Waals surface area contributed by atoms with E-state index in [2.05, 4.69) is 11.9 Å². The minimum Gasteiger partial charge on any atom is -0.330 e. The van der Waals surface area contributed by atoms with Crippen LogP contribution in [0.1, 0.15) is 32.1 Å². The normalized spacial score (nSPS) is 41.5. The Bertz CT molecular complexity index is 169. The van der Waals surface area contributed by atoms with Crippen LogP contribution in [0.25, 0.3) is 0 Å². The van der Waals surface area contributed by atoms with Gasteiger partial charge in [0.05, 0.1) is 0 Å². The van der Waals surface area contributed by atoms with Crippen LogP contribution in [0.5, 0.6) is 0 Å². The van der Waals surface area contributed by atoms with Gasteiger partial charge in [0.25, 0.3) is 0 Å². The first kappa shape index (κ1) is 9.47. The molecule has 2 nitrogen and oxygen atoms in total. The number of hydrogen-bond acceptors (Lipinski definition) is 2. The Hall–Kier alpha value is -0.0800. The van der Waals surface area contributed by atoms with E-state index in [0.29, 0.717) is 0 Å². The van der Waals surface area contributed by atoms with Gasteiger partial charge in [-0.1, -0.05) is 19.3 Å². The lowest BCUT2D eigenvalue weighted by atomic mass is 9.87. The second-order valence-electron chi connectivity index (χ2n) is 4.80. The van der Waals surface area contributed by atoms with E-state index >= 15 is 0 Å². The molecule has 3 unspecified atom stereocenters. The highest BCUT2D eigenvalue weighted by Crippen LogP contribution is 2.37. The highest BCUT2D eigenvalue weighted by Gasteiger charge is 2.38. The van der Waals surface area contributed by atoms with Crippen molar-refractivity contribution in [3.63, 3.8) is 0 Å². The molecule has 0 spiro atoms. The first-order valence-corrected chi connectivity index (χ1v) is 5.73. The van der Waals surface area contributed by atoms with E-state index in [9.17, 15) is 0 Å². The first-order valence-electron chi connectivity index (χ1n) is 5.73. The van der Waals surface area contributed by atoms with E-state index in [0.717, 1.165) is 24.4 Å². The molecule has 0 bridgehead atoms. The monoisotopic (exact) mass is 182 g/mol. The molecule has 2 aliphatic rings. The summed E-state index contributed by atoms with van der Waals surface area (Å²) in [5, 5.41) is 0. The average Bonchev–Trinajstić information content (AvgIpc) is 2.38. The Kier molecular flexibility index (Phi) is 2.89. The molecule has 1 aliphatic heterocycles. The van der Waals surface area contributed by atoms with Crippen LogP contribution in [0.15, 0.2) is 0 Å². The molecular weight excluding hydrogens is 160 g/mol. The van der Waals surface area contributed by atoms with E-state index in [-0.39, 0.29) is 0 Å². The standard InChI is InChI=1S/C11H22N2/c1-13-8-9(7-12)10-5-3-2-4-6-11(10)13/h9-11H,2-8,12H2,1H3. The molecule has 1 saturated carbocycles. The molecule has 0 aromatic heterocycles. The van der Waals surface area contributed by atoms with Gasteiger partial charge >= 0.3 is 0 Å². The van der Waals surface area contributed by atoms with Crippen molar-refractivity contribution in [1.82, 2.24) is 4.90 Å². The van der Waals surface area contributed by atoms with Crippen molar-refractivity contribution < 1.29 is 0 Å². The van der Waals surface area contributed by atoms with Gasteiger partial charge in [0.1, 0.15) is 0 Å². The summed E-state index contributed by atoms with van der Waals surface area (Å²) in [5.74, 6) is 1.70. The quantitative estimate of drug-likeness (QED) is 0.665. The van der Waals surface area contributed by atoms with Crippen molar-refractivity contribution in [2.24, 2.45) is 17.6 Å². The molecule has 1 aliphatic carbocycles. The molecule has 2 N–H and O–H groups in total. The molecule has 0 radical (unpaired) electrons. The fourth-order valence-electron chi connectivity index (χ4n) is 3.30. The SMILES string of the molecule is CN1CC(CN)C2CCCCCC21. The minimum atomic E-state index is 0.785. The van der Waals surface area contributed by atoms with Crippen LogP contribution in [0.4, 0.5) is 0 Å². The van der Waals surface area contributed by atoms with Gasteiger partial charge in [-0.05, 0) is 38.3 Å². The maximum atomic E-state index is 5.83. The molecule has 2 rings (SSSR count). The lowest BCUT2D eigenvalue weighted by molar-refractivity contribution is 0.256. The second-order valence-corrected chi connectivity index (χ2v) is 4.80.